The number of benzene rings is 2. The molecule has 1 unspecified atom stereocenters. The molecule has 1 atom stereocenters. The van der Waals surface area contributed by atoms with E-state index in [4.69, 9.17) is 23.2 Å². The maximum Gasteiger partial charge on any atom is 0.252 e. The maximum atomic E-state index is 13.0. The number of carbonyl (C=O) groups is 2. The van der Waals surface area contributed by atoms with Crippen molar-refractivity contribution in [2.24, 2.45) is 5.92 Å². The monoisotopic (exact) mass is 406 g/mol. The zero-order valence-corrected chi connectivity index (χ0v) is 17.4. The third-order valence-electron chi connectivity index (χ3n) is 4.42. The van der Waals surface area contributed by atoms with Gasteiger partial charge < -0.3 is 10.2 Å². The second-order valence-corrected chi connectivity index (χ2v) is 7.70. The predicted octanol–water partition coefficient (Wildman–Crippen LogP) is 4.71. The molecule has 6 heteroatoms. The van der Waals surface area contributed by atoms with Gasteiger partial charge in [-0.15, -0.1) is 0 Å². The van der Waals surface area contributed by atoms with Gasteiger partial charge >= 0.3 is 0 Å². The van der Waals surface area contributed by atoms with Gasteiger partial charge in [-0.1, -0.05) is 67.4 Å². The van der Waals surface area contributed by atoms with E-state index in [0.717, 1.165) is 11.1 Å². The summed E-state index contributed by atoms with van der Waals surface area (Å²) < 4.78 is 0. The number of aryl methyl sites for hydroxylation is 1. The summed E-state index contributed by atoms with van der Waals surface area (Å²) in [6.45, 7) is 5.98. The SMILES string of the molecule is Cc1ccccc1C(=O)NC(C(=O)N(C)Cc1cccc(Cl)c1Cl)C(C)C. The molecule has 0 aliphatic carbocycles. The molecule has 0 saturated heterocycles. The first kappa shape index (κ1) is 21.3. The van der Waals surface area contributed by atoms with E-state index >= 15 is 0 Å². The third kappa shape index (κ3) is 5.24. The van der Waals surface area contributed by atoms with Gasteiger partial charge in [-0.2, -0.15) is 0 Å². The van der Waals surface area contributed by atoms with Gasteiger partial charge in [0.25, 0.3) is 5.91 Å². The van der Waals surface area contributed by atoms with E-state index < -0.39 is 6.04 Å². The minimum atomic E-state index is -0.639. The van der Waals surface area contributed by atoms with E-state index in [1.165, 1.54) is 0 Å². The van der Waals surface area contributed by atoms with E-state index in [1.54, 1.807) is 36.2 Å². The van der Waals surface area contributed by atoms with Crippen molar-refractivity contribution in [1.82, 2.24) is 10.2 Å². The van der Waals surface area contributed by atoms with Gasteiger partial charge in [0.2, 0.25) is 5.91 Å². The first-order valence-electron chi connectivity index (χ1n) is 8.76. The normalized spacial score (nSPS) is 12.0. The van der Waals surface area contributed by atoms with Gasteiger partial charge in [0.1, 0.15) is 6.04 Å². The highest BCUT2D eigenvalue weighted by molar-refractivity contribution is 6.42. The average Bonchev–Trinajstić information content (AvgIpc) is 2.62. The van der Waals surface area contributed by atoms with Crippen LogP contribution in [-0.4, -0.2) is 29.8 Å². The summed E-state index contributed by atoms with van der Waals surface area (Å²) in [6, 6.07) is 12.0. The van der Waals surface area contributed by atoms with Crippen molar-refractivity contribution >= 4 is 35.0 Å². The molecule has 1 N–H and O–H groups in total. The van der Waals surface area contributed by atoms with Gasteiger partial charge in [0.05, 0.1) is 10.0 Å². The lowest BCUT2D eigenvalue weighted by molar-refractivity contribution is -0.133. The Bertz CT molecular complexity index is 837. The second-order valence-electron chi connectivity index (χ2n) is 6.92. The molecule has 2 aromatic carbocycles. The molecule has 2 aromatic rings. The fourth-order valence-electron chi connectivity index (χ4n) is 2.80. The topological polar surface area (TPSA) is 49.4 Å². The first-order chi connectivity index (χ1) is 12.7. The molecule has 27 heavy (non-hydrogen) atoms. The van der Waals surface area contributed by atoms with Crippen LogP contribution >= 0.6 is 23.2 Å². The van der Waals surface area contributed by atoms with Crippen molar-refractivity contribution in [2.45, 2.75) is 33.4 Å². The molecule has 0 radical (unpaired) electrons. The number of amides is 2. The van der Waals surface area contributed by atoms with Crippen molar-refractivity contribution < 1.29 is 9.59 Å². The van der Waals surface area contributed by atoms with Crippen LogP contribution in [-0.2, 0) is 11.3 Å². The molecule has 0 aliphatic heterocycles. The van der Waals surface area contributed by atoms with Crippen LogP contribution in [0.2, 0.25) is 10.0 Å². The molecule has 2 amide bonds. The zero-order valence-electron chi connectivity index (χ0n) is 15.9. The Balaban J connectivity index is 2.15. The van der Waals surface area contributed by atoms with Crippen LogP contribution in [0.4, 0.5) is 0 Å². The van der Waals surface area contributed by atoms with Crippen molar-refractivity contribution in [3.63, 3.8) is 0 Å². The van der Waals surface area contributed by atoms with Gasteiger partial charge in [0.15, 0.2) is 0 Å². The molecule has 144 valence electrons. The number of carbonyl (C=O) groups excluding carboxylic acids is 2. The van der Waals surface area contributed by atoms with Gasteiger partial charge in [-0.3, -0.25) is 9.59 Å². The largest absolute Gasteiger partial charge is 0.340 e. The van der Waals surface area contributed by atoms with Crippen LogP contribution in [0.5, 0.6) is 0 Å². The van der Waals surface area contributed by atoms with Gasteiger partial charge in [0, 0.05) is 19.2 Å². The highest BCUT2D eigenvalue weighted by atomic mass is 35.5. The smallest absolute Gasteiger partial charge is 0.252 e. The van der Waals surface area contributed by atoms with Crippen molar-refractivity contribution in [2.75, 3.05) is 7.05 Å². The van der Waals surface area contributed by atoms with E-state index in [9.17, 15) is 9.59 Å². The van der Waals surface area contributed by atoms with Gasteiger partial charge in [-0.25, -0.2) is 0 Å². The molecule has 4 nitrogen and oxygen atoms in total. The van der Waals surface area contributed by atoms with E-state index in [0.29, 0.717) is 22.2 Å². The summed E-state index contributed by atoms with van der Waals surface area (Å²) in [7, 11) is 1.69. The lowest BCUT2D eigenvalue weighted by Crippen LogP contribution is -2.50. The second kappa shape index (κ2) is 9.25. The van der Waals surface area contributed by atoms with Gasteiger partial charge in [-0.05, 0) is 36.1 Å². The summed E-state index contributed by atoms with van der Waals surface area (Å²) >= 11 is 12.3. The minimum Gasteiger partial charge on any atom is -0.340 e. The Kier molecular flexibility index (Phi) is 7.28. The Morgan fingerprint density at radius 3 is 2.37 bits per heavy atom. The fourth-order valence-corrected chi connectivity index (χ4v) is 3.18. The van der Waals surface area contributed by atoms with Crippen molar-refractivity contribution in [3.05, 3.63) is 69.2 Å². The molecular weight excluding hydrogens is 383 g/mol. The molecule has 0 spiro atoms. The predicted molar refractivity (Wildman–Crippen MR) is 110 cm³/mol. The molecule has 0 aliphatic rings. The van der Waals surface area contributed by atoms with Crippen LogP contribution in [0.3, 0.4) is 0 Å². The number of hydrogen-bond donors (Lipinski definition) is 1. The molecule has 2 rings (SSSR count). The number of hydrogen-bond acceptors (Lipinski definition) is 2. The summed E-state index contributed by atoms with van der Waals surface area (Å²) in [4.78, 5) is 27.2. The number of rotatable bonds is 6. The summed E-state index contributed by atoms with van der Waals surface area (Å²) in [6.07, 6.45) is 0. The Morgan fingerprint density at radius 1 is 1.07 bits per heavy atom. The third-order valence-corrected chi connectivity index (χ3v) is 5.28. The lowest BCUT2D eigenvalue weighted by Gasteiger charge is -2.27. The molecular formula is C21H24Cl2N2O2. The molecule has 0 fully saturated rings. The highest BCUT2D eigenvalue weighted by Crippen LogP contribution is 2.26. The molecule has 0 heterocycles. The molecule has 0 bridgehead atoms. The molecule has 0 aromatic heterocycles. The first-order valence-corrected chi connectivity index (χ1v) is 9.52. The summed E-state index contributed by atoms with van der Waals surface area (Å²) in [5.41, 5.74) is 2.19. The Labute approximate surface area is 170 Å². The van der Waals surface area contributed by atoms with E-state index in [1.807, 2.05) is 39.0 Å². The standard InChI is InChI=1S/C21H24Cl2N2O2/c1-13(2)19(24-20(26)16-10-6-5-8-14(16)3)21(27)25(4)12-15-9-7-11-17(22)18(15)23/h5-11,13,19H,12H2,1-4H3,(H,24,26). The van der Waals surface area contributed by atoms with E-state index in [-0.39, 0.29) is 17.7 Å². The van der Waals surface area contributed by atoms with Crippen molar-refractivity contribution in [1.29, 1.82) is 0 Å². The van der Waals surface area contributed by atoms with Crippen LogP contribution in [0.25, 0.3) is 0 Å². The average molecular weight is 407 g/mol. The Morgan fingerprint density at radius 2 is 1.74 bits per heavy atom. The summed E-state index contributed by atoms with van der Waals surface area (Å²) in [5.74, 6) is -0.500. The van der Waals surface area contributed by atoms with Crippen LogP contribution < -0.4 is 5.32 Å². The van der Waals surface area contributed by atoms with E-state index in [2.05, 4.69) is 5.32 Å². The number of likely N-dealkylation sites (N-methyl/N-ethyl adjacent to an activating group) is 1. The Hall–Kier alpha value is -2.04. The van der Waals surface area contributed by atoms with Crippen LogP contribution in [0, 0.1) is 12.8 Å². The zero-order chi connectivity index (χ0) is 20.1. The number of nitrogens with zero attached hydrogens (tertiary/aromatic N) is 1. The van der Waals surface area contributed by atoms with Crippen LogP contribution in [0.1, 0.15) is 35.3 Å². The molecule has 0 saturated carbocycles. The van der Waals surface area contributed by atoms with Crippen LogP contribution in [0.15, 0.2) is 42.5 Å². The van der Waals surface area contributed by atoms with Crippen molar-refractivity contribution in [3.8, 4) is 0 Å². The number of nitrogens with one attached hydrogen (secondary N) is 1. The quantitative estimate of drug-likeness (QED) is 0.754. The number of halogens is 2. The fraction of sp³-hybridized carbons (Fsp3) is 0.333. The lowest BCUT2D eigenvalue weighted by atomic mass is 10.0. The highest BCUT2D eigenvalue weighted by Gasteiger charge is 2.28. The maximum absolute atomic E-state index is 13.0. The summed E-state index contributed by atoms with van der Waals surface area (Å²) in [5, 5.41) is 3.76. The minimum absolute atomic E-state index is 0.0669.